The fraction of sp³-hybridized carbons (Fsp3) is 0.778. The van der Waals surface area contributed by atoms with Gasteiger partial charge in [0.05, 0.1) is 13.7 Å². The highest BCUT2D eigenvalue weighted by atomic mass is 16.5. The molecule has 0 aromatic rings. The Kier molecular flexibility index (Phi) is 5.87. The highest BCUT2D eigenvalue weighted by Crippen LogP contribution is 2.05. The number of methoxy groups -OCH3 is 1. The molecule has 0 radical (unpaired) electrons. The highest BCUT2D eigenvalue weighted by Gasteiger charge is 2.21. The SMILES string of the molecule is COC(=O)[C@H](CC(C)C)NC(=O)CN. The minimum absolute atomic E-state index is 0.119. The molecule has 5 heteroatoms. The normalized spacial score (nSPS) is 12.4. The van der Waals surface area contributed by atoms with Gasteiger partial charge in [0.15, 0.2) is 0 Å². The first kappa shape index (κ1) is 12.9. The van der Waals surface area contributed by atoms with Crippen LogP contribution in [-0.2, 0) is 14.3 Å². The predicted octanol–water partition coefficient (Wildman–Crippen LogP) is -0.351. The zero-order valence-electron chi connectivity index (χ0n) is 8.87. The molecule has 0 fully saturated rings. The number of ether oxygens (including phenoxy) is 1. The molecule has 0 saturated heterocycles. The van der Waals surface area contributed by atoms with Crippen molar-refractivity contribution in [3.63, 3.8) is 0 Å². The number of nitrogens with one attached hydrogen (secondary N) is 1. The van der Waals surface area contributed by atoms with Crippen LogP contribution in [-0.4, -0.2) is 31.6 Å². The summed E-state index contributed by atoms with van der Waals surface area (Å²) in [5.41, 5.74) is 5.13. The lowest BCUT2D eigenvalue weighted by Crippen LogP contribution is -2.44. The molecule has 3 N–H and O–H groups in total. The molecule has 1 amide bonds. The Morgan fingerprint density at radius 2 is 2.00 bits per heavy atom. The van der Waals surface area contributed by atoms with E-state index in [2.05, 4.69) is 10.1 Å². The Morgan fingerprint density at radius 3 is 2.36 bits per heavy atom. The van der Waals surface area contributed by atoms with Crippen LogP contribution in [0.3, 0.4) is 0 Å². The van der Waals surface area contributed by atoms with Gasteiger partial charge in [0, 0.05) is 0 Å². The molecule has 82 valence electrons. The van der Waals surface area contributed by atoms with E-state index in [-0.39, 0.29) is 12.5 Å². The van der Waals surface area contributed by atoms with Gasteiger partial charge in [-0.3, -0.25) is 4.79 Å². The molecule has 0 aliphatic heterocycles. The molecule has 1 atom stereocenters. The first-order valence-electron chi connectivity index (χ1n) is 4.58. The molecule has 0 aromatic heterocycles. The molecular weight excluding hydrogens is 184 g/mol. The lowest BCUT2D eigenvalue weighted by atomic mass is 10.0. The fourth-order valence-electron chi connectivity index (χ4n) is 1.08. The zero-order valence-corrected chi connectivity index (χ0v) is 8.87. The number of amides is 1. The minimum Gasteiger partial charge on any atom is -0.467 e. The van der Waals surface area contributed by atoms with Crippen LogP contribution in [0.15, 0.2) is 0 Å². The van der Waals surface area contributed by atoms with Crippen molar-refractivity contribution < 1.29 is 14.3 Å². The summed E-state index contributed by atoms with van der Waals surface area (Å²) in [5.74, 6) is -0.473. The van der Waals surface area contributed by atoms with E-state index in [0.717, 1.165) is 0 Å². The van der Waals surface area contributed by atoms with Crippen LogP contribution in [0.2, 0.25) is 0 Å². The summed E-state index contributed by atoms with van der Waals surface area (Å²) in [7, 11) is 1.30. The van der Waals surface area contributed by atoms with Crippen molar-refractivity contribution in [3.8, 4) is 0 Å². The minimum atomic E-state index is -0.587. The summed E-state index contributed by atoms with van der Waals surface area (Å²) in [5, 5.41) is 2.51. The Morgan fingerprint density at radius 1 is 1.43 bits per heavy atom. The summed E-state index contributed by atoms with van der Waals surface area (Å²) in [6, 6.07) is -0.587. The second-order valence-electron chi connectivity index (χ2n) is 3.48. The van der Waals surface area contributed by atoms with Crippen LogP contribution in [0, 0.1) is 5.92 Å². The number of nitrogens with two attached hydrogens (primary N) is 1. The number of esters is 1. The van der Waals surface area contributed by atoms with Crippen LogP contribution in [0.1, 0.15) is 20.3 Å². The van der Waals surface area contributed by atoms with E-state index in [1.165, 1.54) is 7.11 Å². The maximum absolute atomic E-state index is 11.2. The summed E-state index contributed by atoms with van der Waals surface area (Å²) >= 11 is 0. The standard InChI is InChI=1S/C9H18N2O3/c1-6(2)4-7(9(13)14-3)11-8(12)5-10/h6-7H,4-5,10H2,1-3H3,(H,11,12)/t7-/m0/s1. The van der Waals surface area contributed by atoms with Gasteiger partial charge in [-0.1, -0.05) is 13.8 Å². The van der Waals surface area contributed by atoms with E-state index in [1.54, 1.807) is 0 Å². The molecule has 0 aliphatic rings. The van der Waals surface area contributed by atoms with E-state index in [0.29, 0.717) is 12.3 Å². The molecule has 0 spiro atoms. The monoisotopic (exact) mass is 202 g/mol. The Labute approximate surface area is 84.0 Å². The van der Waals surface area contributed by atoms with Gasteiger partial charge in [-0.05, 0) is 12.3 Å². The molecule has 14 heavy (non-hydrogen) atoms. The smallest absolute Gasteiger partial charge is 0.328 e. The maximum Gasteiger partial charge on any atom is 0.328 e. The van der Waals surface area contributed by atoms with Crippen molar-refractivity contribution in [2.45, 2.75) is 26.3 Å². The van der Waals surface area contributed by atoms with E-state index in [1.807, 2.05) is 13.8 Å². The van der Waals surface area contributed by atoms with Gasteiger partial charge in [0.1, 0.15) is 6.04 Å². The van der Waals surface area contributed by atoms with Crippen LogP contribution < -0.4 is 11.1 Å². The van der Waals surface area contributed by atoms with Crippen molar-refractivity contribution in [1.82, 2.24) is 5.32 Å². The van der Waals surface area contributed by atoms with E-state index >= 15 is 0 Å². The molecule has 0 bridgehead atoms. The van der Waals surface area contributed by atoms with Gasteiger partial charge in [0.2, 0.25) is 5.91 Å². The average molecular weight is 202 g/mol. The Hall–Kier alpha value is -1.10. The van der Waals surface area contributed by atoms with Crippen molar-refractivity contribution in [2.24, 2.45) is 11.7 Å². The second kappa shape index (κ2) is 6.37. The van der Waals surface area contributed by atoms with E-state index < -0.39 is 12.0 Å². The predicted molar refractivity (Wildman–Crippen MR) is 52.5 cm³/mol. The van der Waals surface area contributed by atoms with E-state index in [9.17, 15) is 9.59 Å². The number of rotatable bonds is 5. The van der Waals surface area contributed by atoms with Gasteiger partial charge in [-0.15, -0.1) is 0 Å². The van der Waals surface area contributed by atoms with Crippen LogP contribution >= 0.6 is 0 Å². The van der Waals surface area contributed by atoms with Crippen molar-refractivity contribution in [2.75, 3.05) is 13.7 Å². The van der Waals surface area contributed by atoms with Gasteiger partial charge >= 0.3 is 5.97 Å². The third-order valence-electron chi connectivity index (χ3n) is 1.71. The maximum atomic E-state index is 11.2. The van der Waals surface area contributed by atoms with Gasteiger partial charge in [0.25, 0.3) is 0 Å². The summed E-state index contributed by atoms with van der Waals surface area (Å²) in [4.78, 5) is 22.2. The molecule has 5 nitrogen and oxygen atoms in total. The average Bonchev–Trinajstić information content (AvgIpc) is 2.14. The first-order chi connectivity index (χ1) is 6.51. The second-order valence-corrected chi connectivity index (χ2v) is 3.48. The Balaban J connectivity index is 4.24. The lowest BCUT2D eigenvalue weighted by molar-refractivity contribution is -0.145. The van der Waals surface area contributed by atoms with Crippen LogP contribution in [0.5, 0.6) is 0 Å². The fourth-order valence-corrected chi connectivity index (χ4v) is 1.08. The lowest BCUT2D eigenvalue weighted by Gasteiger charge is -2.17. The number of carbonyl (C=O) groups excluding carboxylic acids is 2. The summed E-state index contributed by atoms with van der Waals surface area (Å²) in [6.07, 6.45) is 0.554. The third-order valence-corrected chi connectivity index (χ3v) is 1.71. The molecular formula is C9H18N2O3. The Bertz CT molecular complexity index is 204. The van der Waals surface area contributed by atoms with Crippen molar-refractivity contribution in [3.05, 3.63) is 0 Å². The molecule has 0 saturated carbocycles. The highest BCUT2D eigenvalue weighted by molar-refractivity contribution is 5.85. The molecule has 0 aromatic carbocycles. The third kappa shape index (κ3) is 4.81. The molecule has 0 heterocycles. The van der Waals surface area contributed by atoms with Gasteiger partial charge < -0.3 is 15.8 Å². The van der Waals surface area contributed by atoms with Crippen LogP contribution in [0.4, 0.5) is 0 Å². The molecule has 0 aliphatic carbocycles. The number of hydrogen-bond donors (Lipinski definition) is 2. The summed E-state index contributed by atoms with van der Waals surface area (Å²) in [6.45, 7) is 3.81. The topological polar surface area (TPSA) is 81.4 Å². The van der Waals surface area contributed by atoms with Crippen molar-refractivity contribution >= 4 is 11.9 Å². The molecule has 0 rings (SSSR count). The van der Waals surface area contributed by atoms with Gasteiger partial charge in [-0.2, -0.15) is 0 Å². The first-order valence-corrected chi connectivity index (χ1v) is 4.58. The quantitative estimate of drug-likeness (QED) is 0.597. The van der Waals surface area contributed by atoms with Gasteiger partial charge in [-0.25, -0.2) is 4.79 Å². The van der Waals surface area contributed by atoms with E-state index in [4.69, 9.17) is 5.73 Å². The molecule has 0 unspecified atom stereocenters. The summed E-state index contributed by atoms with van der Waals surface area (Å²) < 4.78 is 4.56. The van der Waals surface area contributed by atoms with Crippen LogP contribution in [0.25, 0.3) is 0 Å². The van der Waals surface area contributed by atoms with Crippen molar-refractivity contribution in [1.29, 1.82) is 0 Å². The zero-order chi connectivity index (χ0) is 11.1. The largest absolute Gasteiger partial charge is 0.467 e. The number of hydrogen-bond acceptors (Lipinski definition) is 4. The number of carbonyl (C=O) groups is 2.